The van der Waals surface area contributed by atoms with Crippen LogP contribution in [-0.4, -0.2) is 53.6 Å². The Morgan fingerprint density at radius 1 is 1.47 bits per heavy atom. The highest BCUT2D eigenvalue weighted by molar-refractivity contribution is 7.99. The SMILES string of the molecule is CCSCCCNC(=O)N(C)CC(C)C(=O)O. The van der Waals surface area contributed by atoms with Crippen LogP contribution in [0.25, 0.3) is 0 Å². The van der Waals surface area contributed by atoms with Crippen molar-refractivity contribution < 1.29 is 14.7 Å². The summed E-state index contributed by atoms with van der Waals surface area (Å²) in [6.07, 6.45) is 0.937. The maximum Gasteiger partial charge on any atom is 0.317 e. The molecule has 0 saturated carbocycles. The summed E-state index contributed by atoms with van der Waals surface area (Å²) in [5.41, 5.74) is 0. The number of carbonyl (C=O) groups excluding carboxylic acids is 1. The van der Waals surface area contributed by atoms with Gasteiger partial charge in [-0.25, -0.2) is 4.79 Å². The first-order valence-electron chi connectivity index (χ1n) is 5.78. The van der Waals surface area contributed by atoms with E-state index in [9.17, 15) is 9.59 Å². The molecule has 0 aliphatic rings. The second-order valence-electron chi connectivity index (χ2n) is 3.90. The van der Waals surface area contributed by atoms with Crippen LogP contribution in [-0.2, 0) is 4.79 Å². The van der Waals surface area contributed by atoms with E-state index in [0.29, 0.717) is 6.54 Å². The summed E-state index contributed by atoms with van der Waals surface area (Å²) in [6.45, 7) is 4.55. The van der Waals surface area contributed by atoms with Gasteiger partial charge in [-0.15, -0.1) is 0 Å². The lowest BCUT2D eigenvalue weighted by molar-refractivity contribution is -0.141. The summed E-state index contributed by atoms with van der Waals surface area (Å²) in [6, 6.07) is -0.209. The van der Waals surface area contributed by atoms with E-state index in [4.69, 9.17) is 5.11 Å². The highest BCUT2D eigenvalue weighted by Crippen LogP contribution is 2.00. The van der Waals surface area contributed by atoms with Gasteiger partial charge in [0.05, 0.1) is 5.92 Å². The monoisotopic (exact) mass is 262 g/mol. The molecule has 0 rings (SSSR count). The number of thioether (sulfide) groups is 1. The van der Waals surface area contributed by atoms with Crippen LogP contribution < -0.4 is 5.32 Å². The van der Waals surface area contributed by atoms with Crippen LogP contribution in [0.1, 0.15) is 20.3 Å². The second-order valence-corrected chi connectivity index (χ2v) is 5.30. The van der Waals surface area contributed by atoms with E-state index >= 15 is 0 Å². The van der Waals surface area contributed by atoms with E-state index in [1.807, 2.05) is 11.8 Å². The van der Waals surface area contributed by atoms with Crippen molar-refractivity contribution in [3.63, 3.8) is 0 Å². The fourth-order valence-electron chi connectivity index (χ4n) is 1.22. The average molecular weight is 262 g/mol. The quantitative estimate of drug-likeness (QED) is 0.650. The van der Waals surface area contributed by atoms with Crippen LogP contribution in [0.3, 0.4) is 0 Å². The Balaban J connectivity index is 3.71. The predicted molar refractivity (Wildman–Crippen MR) is 70.4 cm³/mol. The summed E-state index contributed by atoms with van der Waals surface area (Å²) in [4.78, 5) is 23.6. The number of rotatable bonds is 8. The lowest BCUT2D eigenvalue weighted by Crippen LogP contribution is -2.41. The number of nitrogens with zero attached hydrogens (tertiary/aromatic N) is 1. The first-order valence-corrected chi connectivity index (χ1v) is 6.94. The largest absolute Gasteiger partial charge is 0.481 e. The Morgan fingerprint density at radius 3 is 2.65 bits per heavy atom. The van der Waals surface area contributed by atoms with E-state index in [-0.39, 0.29) is 12.6 Å². The first-order chi connectivity index (χ1) is 7.99. The van der Waals surface area contributed by atoms with Gasteiger partial charge in [-0.2, -0.15) is 11.8 Å². The minimum atomic E-state index is -0.885. The van der Waals surface area contributed by atoms with E-state index < -0.39 is 11.9 Å². The molecule has 1 atom stereocenters. The maximum absolute atomic E-state index is 11.5. The van der Waals surface area contributed by atoms with E-state index in [0.717, 1.165) is 17.9 Å². The Labute approximate surface area is 107 Å². The van der Waals surface area contributed by atoms with Gasteiger partial charge < -0.3 is 15.3 Å². The molecule has 0 aromatic carbocycles. The lowest BCUT2D eigenvalue weighted by atomic mass is 10.2. The van der Waals surface area contributed by atoms with Crippen LogP contribution in [0.5, 0.6) is 0 Å². The third-order valence-corrected chi connectivity index (χ3v) is 3.25. The van der Waals surface area contributed by atoms with E-state index in [1.54, 1.807) is 14.0 Å². The van der Waals surface area contributed by atoms with Crippen molar-refractivity contribution in [2.45, 2.75) is 20.3 Å². The summed E-state index contributed by atoms with van der Waals surface area (Å²) >= 11 is 1.84. The molecule has 0 spiro atoms. The molecule has 0 aliphatic heterocycles. The van der Waals surface area contributed by atoms with Crippen LogP contribution in [0.2, 0.25) is 0 Å². The van der Waals surface area contributed by atoms with Crippen molar-refractivity contribution in [3.8, 4) is 0 Å². The lowest BCUT2D eigenvalue weighted by Gasteiger charge is -2.19. The molecule has 0 aromatic rings. The topological polar surface area (TPSA) is 69.6 Å². The van der Waals surface area contributed by atoms with Gasteiger partial charge in [-0.05, 0) is 17.9 Å². The van der Waals surface area contributed by atoms with Crippen LogP contribution in [0.15, 0.2) is 0 Å². The van der Waals surface area contributed by atoms with Gasteiger partial charge in [-0.1, -0.05) is 13.8 Å². The van der Waals surface area contributed by atoms with Crippen molar-refractivity contribution in [1.82, 2.24) is 10.2 Å². The van der Waals surface area contributed by atoms with Crippen molar-refractivity contribution in [2.24, 2.45) is 5.92 Å². The molecular weight excluding hydrogens is 240 g/mol. The third-order valence-electron chi connectivity index (χ3n) is 2.26. The molecule has 0 aromatic heterocycles. The first kappa shape index (κ1) is 16.1. The minimum absolute atomic E-state index is 0.209. The van der Waals surface area contributed by atoms with Crippen molar-refractivity contribution >= 4 is 23.8 Å². The number of carboxylic acids is 1. The normalized spacial score (nSPS) is 11.9. The molecule has 0 aliphatic carbocycles. The number of carbonyl (C=O) groups is 2. The molecule has 6 heteroatoms. The zero-order valence-corrected chi connectivity index (χ0v) is 11.5. The van der Waals surface area contributed by atoms with Crippen LogP contribution >= 0.6 is 11.8 Å². The summed E-state index contributed by atoms with van der Waals surface area (Å²) in [7, 11) is 1.61. The minimum Gasteiger partial charge on any atom is -0.481 e. The predicted octanol–water partition coefficient (Wildman–Crippen LogP) is 1.49. The molecule has 2 N–H and O–H groups in total. The van der Waals surface area contributed by atoms with Gasteiger partial charge >= 0.3 is 12.0 Å². The highest BCUT2D eigenvalue weighted by Gasteiger charge is 2.16. The molecule has 0 heterocycles. The van der Waals surface area contributed by atoms with Gasteiger partial charge in [0.1, 0.15) is 0 Å². The number of aliphatic carboxylic acids is 1. The van der Waals surface area contributed by atoms with Gasteiger partial charge in [-0.3, -0.25) is 4.79 Å². The van der Waals surface area contributed by atoms with Crippen LogP contribution in [0.4, 0.5) is 4.79 Å². The smallest absolute Gasteiger partial charge is 0.317 e. The van der Waals surface area contributed by atoms with Gasteiger partial charge in [0.15, 0.2) is 0 Å². The second kappa shape index (κ2) is 9.15. The standard InChI is InChI=1S/C11H22N2O3S/c1-4-17-7-5-6-12-11(16)13(3)8-9(2)10(14)15/h9H,4-8H2,1-3H3,(H,12,16)(H,14,15). The van der Waals surface area contributed by atoms with Crippen molar-refractivity contribution in [2.75, 3.05) is 31.6 Å². The average Bonchev–Trinajstić information content (AvgIpc) is 2.28. The zero-order chi connectivity index (χ0) is 13.3. The highest BCUT2D eigenvalue weighted by atomic mass is 32.2. The Morgan fingerprint density at radius 2 is 2.12 bits per heavy atom. The molecule has 100 valence electrons. The van der Waals surface area contributed by atoms with Gasteiger partial charge in [0.25, 0.3) is 0 Å². The van der Waals surface area contributed by atoms with Crippen molar-refractivity contribution in [1.29, 1.82) is 0 Å². The molecule has 5 nitrogen and oxygen atoms in total. The zero-order valence-electron chi connectivity index (χ0n) is 10.7. The molecular formula is C11H22N2O3S. The third kappa shape index (κ3) is 7.90. The van der Waals surface area contributed by atoms with E-state index in [1.165, 1.54) is 4.90 Å². The van der Waals surface area contributed by atoms with Crippen LogP contribution in [0, 0.1) is 5.92 Å². The molecule has 0 radical (unpaired) electrons. The number of urea groups is 1. The molecule has 0 saturated heterocycles. The Bertz CT molecular complexity index is 249. The van der Waals surface area contributed by atoms with Crippen molar-refractivity contribution in [3.05, 3.63) is 0 Å². The number of amides is 2. The van der Waals surface area contributed by atoms with Gasteiger partial charge in [0.2, 0.25) is 0 Å². The fraction of sp³-hybridized carbons (Fsp3) is 0.818. The summed E-state index contributed by atoms with van der Waals surface area (Å²) in [5, 5.41) is 11.5. The Kier molecular flexibility index (Phi) is 8.66. The molecule has 0 bridgehead atoms. The number of hydrogen-bond donors (Lipinski definition) is 2. The maximum atomic E-state index is 11.5. The fourth-order valence-corrected chi connectivity index (χ4v) is 1.86. The Hall–Kier alpha value is -0.910. The molecule has 0 fully saturated rings. The molecule has 1 unspecified atom stereocenters. The number of carboxylic acid groups (broad SMARTS) is 1. The van der Waals surface area contributed by atoms with E-state index in [2.05, 4.69) is 12.2 Å². The number of hydrogen-bond acceptors (Lipinski definition) is 3. The van der Waals surface area contributed by atoms with Gasteiger partial charge in [0, 0.05) is 20.1 Å². The summed E-state index contributed by atoms with van der Waals surface area (Å²) < 4.78 is 0. The number of nitrogens with one attached hydrogen (secondary N) is 1. The summed E-state index contributed by atoms with van der Waals surface area (Å²) in [5.74, 6) is 0.695. The molecule has 2 amide bonds. The molecule has 17 heavy (non-hydrogen) atoms.